The SMILES string of the molecule is COc1ccc(CNC2CCOC2c2ccccc2)cc1O. The van der Waals surface area contributed by atoms with Crippen LogP contribution in [-0.2, 0) is 11.3 Å². The van der Waals surface area contributed by atoms with Crippen LogP contribution in [0, 0.1) is 0 Å². The first kappa shape index (κ1) is 14.9. The molecule has 2 aromatic carbocycles. The fraction of sp³-hybridized carbons (Fsp3) is 0.333. The van der Waals surface area contributed by atoms with Crippen molar-refractivity contribution in [3.05, 3.63) is 59.7 Å². The summed E-state index contributed by atoms with van der Waals surface area (Å²) in [5.41, 5.74) is 2.23. The number of rotatable bonds is 5. The van der Waals surface area contributed by atoms with Gasteiger partial charge in [0.15, 0.2) is 11.5 Å². The number of ether oxygens (including phenoxy) is 2. The summed E-state index contributed by atoms with van der Waals surface area (Å²) in [5.74, 6) is 0.666. The van der Waals surface area contributed by atoms with Crippen LogP contribution in [0.1, 0.15) is 23.7 Å². The van der Waals surface area contributed by atoms with Crippen LogP contribution in [-0.4, -0.2) is 24.9 Å². The van der Waals surface area contributed by atoms with Crippen molar-refractivity contribution >= 4 is 0 Å². The molecule has 0 aromatic heterocycles. The Morgan fingerprint density at radius 3 is 2.77 bits per heavy atom. The lowest BCUT2D eigenvalue weighted by Gasteiger charge is -2.20. The van der Waals surface area contributed by atoms with Gasteiger partial charge in [0.25, 0.3) is 0 Å². The molecule has 0 aliphatic carbocycles. The van der Waals surface area contributed by atoms with Crippen molar-refractivity contribution in [2.45, 2.75) is 25.1 Å². The van der Waals surface area contributed by atoms with Crippen molar-refractivity contribution in [3.8, 4) is 11.5 Å². The summed E-state index contributed by atoms with van der Waals surface area (Å²) in [6.07, 6.45) is 1.08. The fourth-order valence-corrected chi connectivity index (χ4v) is 2.86. The zero-order valence-electron chi connectivity index (χ0n) is 12.7. The molecule has 2 N–H and O–H groups in total. The molecule has 1 saturated heterocycles. The Balaban J connectivity index is 1.64. The molecule has 0 saturated carbocycles. The van der Waals surface area contributed by atoms with E-state index in [0.29, 0.717) is 12.3 Å². The molecule has 2 aromatic rings. The summed E-state index contributed by atoms with van der Waals surface area (Å²) in [6, 6.07) is 16.1. The van der Waals surface area contributed by atoms with Crippen molar-refractivity contribution < 1.29 is 14.6 Å². The molecule has 0 amide bonds. The average molecular weight is 299 g/mol. The highest BCUT2D eigenvalue weighted by atomic mass is 16.5. The molecule has 0 bridgehead atoms. The van der Waals surface area contributed by atoms with Gasteiger partial charge in [-0.1, -0.05) is 36.4 Å². The van der Waals surface area contributed by atoms with Crippen LogP contribution in [0.3, 0.4) is 0 Å². The number of nitrogens with one attached hydrogen (secondary N) is 1. The van der Waals surface area contributed by atoms with Crippen molar-refractivity contribution in [1.82, 2.24) is 5.32 Å². The maximum absolute atomic E-state index is 9.84. The number of benzene rings is 2. The minimum absolute atomic E-state index is 0.0908. The minimum atomic E-state index is 0.0908. The highest BCUT2D eigenvalue weighted by Crippen LogP contribution is 2.30. The van der Waals surface area contributed by atoms with E-state index in [1.54, 1.807) is 19.2 Å². The van der Waals surface area contributed by atoms with Crippen LogP contribution in [0.25, 0.3) is 0 Å². The summed E-state index contributed by atoms with van der Waals surface area (Å²) in [4.78, 5) is 0. The quantitative estimate of drug-likeness (QED) is 0.891. The van der Waals surface area contributed by atoms with Crippen molar-refractivity contribution in [3.63, 3.8) is 0 Å². The first-order valence-corrected chi connectivity index (χ1v) is 7.54. The summed E-state index contributed by atoms with van der Waals surface area (Å²) in [6.45, 7) is 1.46. The van der Waals surface area contributed by atoms with E-state index in [4.69, 9.17) is 9.47 Å². The Labute approximate surface area is 130 Å². The molecule has 1 fully saturated rings. The van der Waals surface area contributed by atoms with Gasteiger partial charge >= 0.3 is 0 Å². The molecule has 3 rings (SSSR count). The lowest BCUT2D eigenvalue weighted by molar-refractivity contribution is 0.0985. The third-order valence-electron chi connectivity index (χ3n) is 4.03. The molecular weight excluding hydrogens is 278 g/mol. The molecular formula is C18H21NO3. The van der Waals surface area contributed by atoms with Gasteiger partial charge < -0.3 is 19.9 Å². The van der Waals surface area contributed by atoms with E-state index in [9.17, 15) is 5.11 Å². The predicted octanol–water partition coefficient (Wildman–Crippen LogP) is 3.02. The van der Waals surface area contributed by atoms with E-state index >= 15 is 0 Å². The van der Waals surface area contributed by atoms with E-state index in [1.807, 2.05) is 24.3 Å². The van der Waals surface area contributed by atoms with Crippen molar-refractivity contribution in [2.75, 3.05) is 13.7 Å². The smallest absolute Gasteiger partial charge is 0.160 e. The molecule has 1 aliphatic heterocycles. The first-order valence-electron chi connectivity index (χ1n) is 7.54. The molecule has 22 heavy (non-hydrogen) atoms. The number of hydrogen-bond acceptors (Lipinski definition) is 4. The summed E-state index contributed by atoms with van der Waals surface area (Å²) in [5, 5.41) is 13.4. The Morgan fingerprint density at radius 1 is 1.23 bits per heavy atom. The van der Waals surface area contributed by atoms with Gasteiger partial charge in [-0.2, -0.15) is 0 Å². The van der Waals surface area contributed by atoms with Gasteiger partial charge in [-0.25, -0.2) is 0 Å². The Hall–Kier alpha value is -2.04. The van der Waals surface area contributed by atoms with Gasteiger partial charge in [-0.15, -0.1) is 0 Å². The second-order valence-electron chi connectivity index (χ2n) is 5.48. The van der Waals surface area contributed by atoms with E-state index in [0.717, 1.165) is 18.6 Å². The lowest BCUT2D eigenvalue weighted by Crippen LogP contribution is -2.31. The standard InChI is InChI=1S/C18H21NO3/c1-21-17-8-7-13(11-16(17)20)12-19-15-9-10-22-18(15)14-5-3-2-4-6-14/h2-8,11,15,18-20H,9-10,12H2,1H3. The van der Waals surface area contributed by atoms with E-state index in [-0.39, 0.29) is 17.9 Å². The average Bonchev–Trinajstić information content (AvgIpc) is 3.02. The van der Waals surface area contributed by atoms with E-state index in [2.05, 4.69) is 17.4 Å². The van der Waals surface area contributed by atoms with Crippen LogP contribution >= 0.6 is 0 Å². The van der Waals surface area contributed by atoms with Crippen molar-refractivity contribution in [1.29, 1.82) is 0 Å². The van der Waals surface area contributed by atoms with Crippen LogP contribution in [0.4, 0.5) is 0 Å². The fourth-order valence-electron chi connectivity index (χ4n) is 2.86. The summed E-state index contributed by atoms with van der Waals surface area (Å²) in [7, 11) is 1.55. The Kier molecular flexibility index (Phi) is 4.61. The molecule has 1 heterocycles. The number of aromatic hydroxyl groups is 1. The lowest BCUT2D eigenvalue weighted by atomic mass is 10.0. The Morgan fingerprint density at radius 2 is 2.05 bits per heavy atom. The molecule has 2 unspecified atom stereocenters. The third kappa shape index (κ3) is 3.24. The van der Waals surface area contributed by atoms with E-state index in [1.165, 1.54) is 5.56 Å². The third-order valence-corrected chi connectivity index (χ3v) is 4.03. The van der Waals surface area contributed by atoms with Crippen LogP contribution in [0.5, 0.6) is 11.5 Å². The first-order chi connectivity index (χ1) is 10.8. The minimum Gasteiger partial charge on any atom is -0.504 e. The predicted molar refractivity (Wildman–Crippen MR) is 85.0 cm³/mol. The molecule has 0 radical (unpaired) electrons. The van der Waals surface area contributed by atoms with Gasteiger partial charge in [-0.05, 0) is 29.7 Å². The highest BCUT2D eigenvalue weighted by Gasteiger charge is 2.28. The van der Waals surface area contributed by atoms with Gasteiger partial charge in [0.2, 0.25) is 0 Å². The summed E-state index contributed by atoms with van der Waals surface area (Å²) < 4.78 is 10.9. The monoisotopic (exact) mass is 299 g/mol. The Bertz CT molecular complexity index is 615. The largest absolute Gasteiger partial charge is 0.504 e. The van der Waals surface area contributed by atoms with Crippen LogP contribution < -0.4 is 10.1 Å². The van der Waals surface area contributed by atoms with Gasteiger partial charge in [-0.3, -0.25) is 0 Å². The number of methoxy groups -OCH3 is 1. The van der Waals surface area contributed by atoms with Crippen molar-refractivity contribution in [2.24, 2.45) is 0 Å². The highest BCUT2D eigenvalue weighted by molar-refractivity contribution is 5.41. The van der Waals surface area contributed by atoms with Gasteiger partial charge in [0.1, 0.15) is 0 Å². The number of phenols is 1. The summed E-state index contributed by atoms with van der Waals surface area (Å²) >= 11 is 0. The zero-order valence-corrected chi connectivity index (χ0v) is 12.7. The molecule has 116 valence electrons. The topological polar surface area (TPSA) is 50.7 Å². The second kappa shape index (κ2) is 6.81. The number of hydrogen-bond donors (Lipinski definition) is 2. The maximum atomic E-state index is 9.84. The van der Waals surface area contributed by atoms with Crippen LogP contribution in [0.2, 0.25) is 0 Å². The number of phenolic OH excluding ortho intramolecular Hbond substituents is 1. The molecule has 4 heteroatoms. The molecule has 0 spiro atoms. The van der Waals surface area contributed by atoms with E-state index < -0.39 is 0 Å². The molecule has 2 atom stereocenters. The zero-order chi connectivity index (χ0) is 15.4. The van der Waals surface area contributed by atoms with Gasteiger partial charge in [0.05, 0.1) is 13.2 Å². The molecule has 1 aliphatic rings. The normalized spacial score (nSPS) is 21.0. The second-order valence-corrected chi connectivity index (χ2v) is 5.48. The molecule has 4 nitrogen and oxygen atoms in total. The maximum Gasteiger partial charge on any atom is 0.160 e. The van der Waals surface area contributed by atoms with Gasteiger partial charge in [0, 0.05) is 19.2 Å². The van der Waals surface area contributed by atoms with Crippen LogP contribution in [0.15, 0.2) is 48.5 Å².